The number of aryl methyl sites for hydroxylation is 1. The smallest absolute Gasteiger partial charge is 0.328 e. The molecule has 206 valence electrons. The van der Waals surface area contributed by atoms with Crippen LogP contribution < -0.4 is 5.32 Å². The topological polar surface area (TPSA) is 112 Å². The van der Waals surface area contributed by atoms with Crippen molar-refractivity contribution in [2.75, 3.05) is 13.6 Å². The summed E-state index contributed by atoms with van der Waals surface area (Å²) in [6, 6.07) is 7.75. The van der Waals surface area contributed by atoms with Gasteiger partial charge in [-0.3, -0.25) is 4.79 Å². The lowest BCUT2D eigenvalue weighted by Crippen LogP contribution is -2.52. The van der Waals surface area contributed by atoms with E-state index in [-0.39, 0.29) is 5.92 Å². The molecular weight excluding hydrogens is 482 g/mol. The van der Waals surface area contributed by atoms with Crippen molar-refractivity contribution in [3.8, 4) is 0 Å². The summed E-state index contributed by atoms with van der Waals surface area (Å²) in [5, 5.41) is 20.5. The molecular formula is C30H41N3O5. The van der Waals surface area contributed by atoms with E-state index < -0.39 is 11.9 Å². The van der Waals surface area contributed by atoms with E-state index in [1.165, 1.54) is 47.7 Å². The summed E-state index contributed by atoms with van der Waals surface area (Å²) in [4.78, 5) is 34.8. The van der Waals surface area contributed by atoms with Crippen molar-refractivity contribution in [1.82, 2.24) is 14.8 Å². The zero-order chi connectivity index (χ0) is 27.2. The first-order chi connectivity index (χ1) is 18.3. The molecule has 3 atom stereocenters. The van der Waals surface area contributed by atoms with E-state index in [1.807, 2.05) is 0 Å². The number of aliphatic carboxylic acids is 2. The SMILES string of the molecule is CCCn1cc2c3c(cccc31)C1C[C@@H](C(=O)NC3CCCCCC3)CN(C)[C@@H]1C2.O=C(O)/C=C\C(=O)O. The molecule has 1 unspecified atom stereocenters. The molecule has 38 heavy (non-hydrogen) atoms. The molecule has 0 radical (unpaired) electrons. The predicted molar refractivity (Wildman–Crippen MR) is 147 cm³/mol. The Hall–Kier alpha value is -3.13. The van der Waals surface area contributed by atoms with Gasteiger partial charge in [0.2, 0.25) is 5.91 Å². The molecule has 1 aromatic carbocycles. The van der Waals surface area contributed by atoms with Gasteiger partial charge in [0.25, 0.3) is 0 Å². The van der Waals surface area contributed by atoms with Crippen molar-refractivity contribution in [3.05, 3.63) is 47.7 Å². The maximum Gasteiger partial charge on any atom is 0.328 e. The van der Waals surface area contributed by atoms with E-state index in [1.54, 1.807) is 0 Å². The summed E-state index contributed by atoms with van der Waals surface area (Å²) < 4.78 is 2.45. The summed E-state index contributed by atoms with van der Waals surface area (Å²) in [6.45, 7) is 4.22. The van der Waals surface area contributed by atoms with Crippen LogP contribution in [0.4, 0.5) is 0 Å². The molecule has 8 nitrogen and oxygen atoms in total. The number of amides is 1. The predicted octanol–water partition coefficient (Wildman–Crippen LogP) is 4.56. The lowest BCUT2D eigenvalue weighted by molar-refractivity contribution is -0.134. The Morgan fingerprint density at radius 2 is 1.74 bits per heavy atom. The molecule has 1 saturated heterocycles. The Labute approximate surface area is 224 Å². The molecule has 1 aliphatic heterocycles. The number of likely N-dealkylation sites (N-methyl/N-ethyl adjacent to an activating group) is 1. The molecule has 0 bridgehead atoms. The third-order valence-electron chi connectivity index (χ3n) is 8.33. The second kappa shape index (κ2) is 12.6. The Balaban J connectivity index is 0.000000368. The van der Waals surface area contributed by atoms with Gasteiger partial charge in [-0.05, 0) is 56.3 Å². The van der Waals surface area contributed by atoms with Crippen LogP contribution >= 0.6 is 0 Å². The van der Waals surface area contributed by atoms with Crippen LogP contribution in [0.5, 0.6) is 0 Å². The van der Waals surface area contributed by atoms with Crippen LogP contribution in [0.1, 0.15) is 75.3 Å². The third-order valence-corrected chi connectivity index (χ3v) is 8.33. The fourth-order valence-electron chi connectivity index (χ4n) is 6.62. The minimum absolute atomic E-state index is 0.106. The molecule has 2 heterocycles. The maximum atomic E-state index is 13.2. The fourth-order valence-corrected chi connectivity index (χ4v) is 6.62. The van der Waals surface area contributed by atoms with Crippen LogP contribution in [0.2, 0.25) is 0 Å². The lowest BCUT2D eigenvalue weighted by atomic mass is 9.72. The maximum absolute atomic E-state index is 13.2. The second-order valence-electron chi connectivity index (χ2n) is 11.0. The van der Waals surface area contributed by atoms with Gasteiger partial charge in [0.1, 0.15) is 0 Å². The Kier molecular flexibility index (Phi) is 9.26. The molecule has 2 aliphatic carbocycles. The molecule has 2 aromatic rings. The van der Waals surface area contributed by atoms with Crippen molar-refractivity contribution >= 4 is 28.7 Å². The van der Waals surface area contributed by atoms with Crippen LogP contribution in [0, 0.1) is 5.92 Å². The number of nitrogens with one attached hydrogen (secondary N) is 1. The van der Waals surface area contributed by atoms with Crippen molar-refractivity contribution in [3.63, 3.8) is 0 Å². The third kappa shape index (κ3) is 6.46. The first kappa shape index (κ1) is 27.9. The number of likely N-dealkylation sites (tertiary alicyclic amines) is 1. The standard InChI is InChI=1S/C26H37N3O.C4H4O4/c1-3-13-29-17-18-15-24-22(21-11-8-12-23(29)25(18)21)14-19(16-28(24)2)26(30)27-20-9-6-4-5-7-10-20;5-3(6)1-2-4(7)8/h8,11-12,17,19-20,22,24H,3-7,9-10,13-16H2,1-2H3,(H,27,30);1-2H,(H,5,6)(H,7,8)/b;2-1-/t19-,22?,24-;/m1./s1. The number of benzene rings is 1. The summed E-state index contributed by atoms with van der Waals surface area (Å²) in [5.74, 6) is -1.65. The number of hydrogen-bond acceptors (Lipinski definition) is 4. The van der Waals surface area contributed by atoms with Crippen LogP contribution in [0.15, 0.2) is 36.5 Å². The monoisotopic (exact) mass is 523 g/mol. The molecule has 0 spiro atoms. The number of hydrogen-bond donors (Lipinski definition) is 3. The summed E-state index contributed by atoms with van der Waals surface area (Å²) in [5.41, 5.74) is 4.37. The van der Waals surface area contributed by atoms with E-state index in [4.69, 9.17) is 10.2 Å². The van der Waals surface area contributed by atoms with Crippen molar-refractivity contribution < 1.29 is 24.6 Å². The number of fused-ring (bicyclic) bond motifs is 2. The highest BCUT2D eigenvalue weighted by Gasteiger charge is 2.41. The lowest BCUT2D eigenvalue weighted by Gasteiger charge is -2.45. The van der Waals surface area contributed by atoms with E-state index in [0.29, 0.717) is 36.1 Å². The average molecular weight is 524 g/mol. The minimum Gasteiger partial charge on any atom is -0.478 e. The first-order valence-electron chi connectivity index (χ1n) is 14.0. The summed E-state index contributed by atoms with van der Waals surface area (Å²) >= 11 is 0. The Bertz CT molecular complexity index is 1160. The number of nitrogens with zero attached hydrogens (tertiary/aromatic N) is 2. The first-order valence-corrected chi connectivity index (χ1v) is 14.0. The fraction of sp³-hybridized carbons (Fsp3) is 0.567. The number of carboxylic acid groups (broad SMARTS) is 2. The second-order valence-corrected chi connectivity index (χ2v) is 11.0. The molecule has 3 N–H and O–H groups in total. The van der Waals surface area contributed by atoms with Crippen molar-refractivity contribution in [2.45, 2.75) is 89.3 Å². The zero-order valence-corrected chi connectivity index (χ0v) is 22.6. The van der Waals surface area contributed by atoms with Gasteiger partial charge in [-0.15, -0.1) is 0 Å². The number of piperidine rings is 1. The quantitative estimate of drug-likeness (QED) is 0.378. The Morgan fingerprint density at radius 3 is 2.37 bits per heavy atom. The highest BCUT2D eigenvalue weighted by atomic mass is 16.4. The number of carbonyl (C=O) groups is 3. The van der Waals surface area contributed by atoms with Gasteiger partial charge in [-0.25, -0.2) is 9.59 Å². The summed E-state index contributed by atoms with van der Waals surface area (Å²) in [6.07, 6.45) is 14.3. The number of carbonyl (C=O) groups excluding carboxylic acids is 1. The summed E-state index contributed by atoms with van der Waals surface area (Å²) in [7, 11) is 2.23. The van der Waals surface area contributed by atoms with Crippen molar-refractivity contribution in [1.29, 1.82) is 0 Å². The van der Waals surface area contributed by atoms with Gasteiger partial charge < -0.3 is 25.0 Å². The molecule has 2 fully saturated rings. The van der Waals surface area contributed by atoms with Crippen LogP contribution in [0.3, 0.4) is 0 Å². The largest absolute Gasteiger partial charge is 0.478 e. The van der Waals surface area contributed by atoms with Gasteiger partial charge in [0.05, 0.1) is 5.92 Å². The van der Waals surface area contributed by atoms with E-state index in [9.17, 15) is 14.4 Å². The van der Waals surface area contributed by atoms with Crippen LogP contribution in [-0.4, -0.2) is 63.2 Å². The molecule has 1 aromatic heterocycles. The van der Waals surface area contributed by atoms with Gasteiger partial charge in [-0.1, -0.05) is 44.7 Å². The van der Waals surface area contributed by atoms with Crippen molar-refractivity contribution in [2.24, 2.45) is 5.92 Å². The van der Waals surface area contributed by atoms with E-state index in [0.717, 1.165) is 45.2 Å². The highest BCUT2D eigenvalue weighted by Crippen LogP contribution is 2.45. The molecule has 8 heteroatoms. The molecule has 3 aliphatic rings. The van der Waals surface area contributed by atoms with Gasteiger partial charge in [0, 0.05) is 60.3 Å². The number of carboxylic acids is 2. The Morgan fingerprint density at radius 1 is 1.05 bits per heavy atom. The number of aromatic nitrogens is 1. The molecule has 1 amide bonds. The van der Waals surface area contributed by atoms with Gasteiger partial charge in [-0.2, -0.15) is 0 Å². The molecule has 5 rings (SSSR count). The van der Waals surface area contributed by atoms with Crippen LogP contribution in [-0.2, 0) is 27.3 Å². The van der Waals surface area contributed by atoms with Gasteiger partial charge >= 0.3 is 11.9 Å². The molecule has 1 saturated carbocycles. The number of rotatable bonds is 6. The zero-order valence-electron chi connectivity index (χ0n) is 22.6. The van der Waals surface area contributed by atoms with E-state index >= 15 is 0 Å². The van der Waals surface area contributed by atoms with Crippen LogP contribution in [0.25, 0.3) is 10.9 Å². The average Bonchev–Trinajstić information content (AvgIpc) is 3.05. The minimum atomic E-state index is -1.26. The highest BCUT2D eigenvalue weighted by molar-refractivity contribution is 5.90. The van der Waals surface area contributed by atoms with E-state index in [2.05, 4.69) is 53.2 Å². The van der Waals surface area contributed by atoms with Gasteiger partial charge in [0.15, 0.2) is 0 Å². The normalized spacial score (nSPS) is 23.8.